The Hall–Kier alpha value is -2.43. The first-order chi connectivity index (χ1) is 11.7. The van der Waals surface area contributed by atoms with Crippen LogP contribution in [0.4, 0.5) is 21.9 Å². The summed E-state index contributed by atoms with van der Waals surface area (Å²) in [5.74, 6) is 0. The number of nitrogens with zero attached hydrogens (tertiary/aromatic N) is 1. The summed E-state index contributed by atoms with van der Waals surface area (Å²) in [6.45, 7) is 0. The van der Waals surface area contributed by atoms with Gasteiger partial charge in [-0.15, -0.1) is 0 Å². The molecule has 0 saturated carbocycles. The van der Waals surface area contributed by atoms with Crippen molar-refractivity contribution in [3.8, 4) is 0 Å². The van der Waals surface area contributed by atoms with E-state index in [0.29, 0.717) is 10.7 Å². The number of hydrogen-bond donors (Lipinski definition) is 1. The van der Waals surface area contributed by atoms with Crippen LogP contribution < -0.4 is 10.2 Å². The number of amides is 2. The SMILES string of the molecule is O=C(Nc1ccccc1Cl)N1c2ccccc2Sc2ccccc21. The first-order valence-corrected chi connectivity index (χ1v) is 8.65. The van der Waals surface area contributed by atoms with Crippen LogP contribution >= 0.6 is 23.4 Å². The van der Waals surface area contributed by atoms with Crippen molar-refractivity contribution in [3.63, 3.8) is 0 Å². The molecule has 5 heteroatoms. The van der Waals surface area contributed by atoms with E-state index >= 15 is 0 Å². The van der Waals surface area contributed by atoms with Crippen LogP contribution in [-0.2, 0) is 0 Å². The van der Waals surface area contributed by atoms with E-state index < -0.39 is 0 Å². The monoisotopic (exact) mass is 352 g/mol. The van der Waals surface area contributed by atoms with Crippen molar-refractivity contribution in [1.82, 2.24) is 0 Å². The van der Waals surface area contributed by atoms with Gasteiger partial charge in [0.1, 0.15) is 0 Å². The number of halogens is 1. The highest BCUT2D eigenvalue weighted by molar-refractivity contribution is 7.99. The van der Waals surface area contributed by atoms with Gasteiger partial charge in [-0.2, -0.15) is 0 Å². The van der Waals surface area contributed by atoms with Crippen molar-refractivity contribution >= 4 is 46.5 Å². The number of fused-ring (bicyclic) bond motifs is 2. The lowest BCUT2D eigenvalue weighted by molar-refractivity contribution is 0.259. The zero-order chi connectivity index (χ0) is 16.5. The molecule has 0 unspecified atom stereocenters. The van der Waals surface area contributed by atoms with Crippen LogP contribution in [0.3, 0.4) is 0 Å². The molecule has 0 fully saturated rings. The van der Waals surface area contributed by atoms with E-state index in [1.165, 1.54) is 0 Å². The lowest BCUT2D eigenvalue weighted by Crippen LogP contribution is -2.32. The predicted octanol–water partition coefficient (Wildman–Crippen LogP) is 6.17. The Morgan fingerprint density at radius 2 is 1.38 bits per heavy atom. The summed E-state index contributed by atoms with van der Waals surface area (Å²) < 4.78 is 0. The van der Waals surface area contributed by atoms with Gasteiger partial charge in [0.2, 0.25) is 0 Å². The summed E-state index contributed by atoms with van der Waals surface area (Å²) >= 11 is 7.84. The molecule has 0 aromatic heterocycles. The zero-order valence-corrected chi connectivity index (χ0v) is 14.1. The van der Waals surface area contributed by atoms with Gasteiger partial charge in [-0.05, 0) is 36.4 Å². The number of nitrogens with one attached hydrogen (secondary N) is 1. The van der Waals surface area contributed by atoms with E-state index in [-0.39, 0.29) is 6.03 Å². The standard InChI is InChI=1S/C19H13ClN2OS/c20-13-7-1-2-8-14(13)21-19(23)22-15-9-3-5-11-17(15)24-18-12-6-4-10-16(18)22/h1-12H,(H,21,23). The summed E-state index contributed by atoms with van der Waals surface area (Å²) in [7, 11) is 0. The fraction of sp³-hybridized carbons (Fsp3) is 0. The summed E-state index contributed by atoms with van der Waals surface area (Å²) in [6, 6.07) is 22.7. The molecule has 2 amide bonds. The second-order valence-corrected chi connectivity index (χ2v) is 6.77. The highest BCUT2D eigenvalue weighted by Gasteiger charge is 2.28. The van der Waals surface area contributed by atoms with Crippen LogP contribution in [0.2, 0.25) is 5.02 Å². The number of carbonyl (C=O) groups excluding carboxylic acids is 1. The zero-order valence-electron chi connectivity index (χ0n) is 12.6. The van der Waals surface area contributed by atoms with Crippen molar-refractivity contribution in [2.24, 2.45) is 0 Å². The molecular formula is C19H13ClN2OS. The minimum absolute atomic E-state index is 0.233. The van der Waals surface area contributed by atoms with Crippen LogP contribution in [0.1, 0.15) is 0 Å². The molecule has 3 aromatic carbocycles. The molecule has 118 valence electrons. The van der Waals surface area contributed by atoms with Gasteiger partial charge >= 0.3 is 6.03 Å². The third kappa shape index (κ3) is 2.64. The number of benzene rings is 3. The molecular weight excluding hydrogens is 340 g/mol. The Labute approximate surface area is 149 Å². The Balaban J connectivity index is 1.77. The summed E-state index contributed by atoms with van der Waals surface area (Å²) in [4.78, 5) is 16.8. The van der Waals surface area contributed by atoms with Crippen molar-refractivity contribution in [3.05, 3.63) is 77.8 Å². The van der Waals surface area contributed by atoms with Gasteiger partial charge < -0.3 is 5.32 Å². The Morgan fingerprint density at radius 1 is 0.833 bits per heavy atom. The van der Waals surface area contributed by atoms with Crippen LogP contribution in [0, 0.1) is 0 Å². The third-order valence-corrected chi connectivity index (χ3v) is 5.21. The Morgan fingerprint density at radius 3 is 2.00 bits per heavy atom. The van der Waals surface area contributed by atoms with Crippen molar-refractivity contribution < 1.29 is 4.79 Å². The summed E-state index contributed by atoms with van der Waals surface area (Å²) in [5.41, 5.74) is 2.33. The largest absolute Gasteiger partial charge is 0.331 e. The van der Waals surface area contributed by atoms with Crippen LogP contribution in [0.5, 0.6) is 0 Å². The molecule has 0 radical (unpaired) electrons. The second-order valence-electron chi connectivity index (χ2n) is 5.28. The fourth-order valence-corrected chi connectivity index (χ4v) is 3.90. The van der Waals surface area contributed by atoms with E-state index in [4.69, 9.17) is 11.6 Å². The molecule has 4 rings (SSSR count). The highest BCUT2D eigenvalue weighted by atomic mass is 35.5. The molecule has 1 aliphatic rings. The van der Waals surface area contributed by atoms with Gasteiger partial charge in [0.25, 0.3) is 0 Å². The number of para-hydroxylation sites is 3. The second kappa shape index (κ2) is 6.23. The van der Waals surface area contributed by atoms with E-state index in [0.717, 1.165) is 21.2 Å². The average Bonchev–Trinajstić information content (AvgIpc) is 2.61. The Bertz CT molecular complexity index is 883. The number of carbonyl (C=O) groups is 1. The number of anilines is 3. The van der Waals surface area contributed by atoms with Crippen LogP contribution in [0.15, 0.2) is 82.6 Å². The minimum atomic E-state index is -0.233. The number of rotatable bonds is 1. The van der Waals surface area contributed by atoms with E-state index in [1.807, 2.05) is 60.7 Å². The molecule has 0 atom stereocenters. The maximum atomic E-state index is 13.0. The maximum absolute atomic E-state index is 13.0. The highest BCUT2D eigenvalue weighted by Crippen LogP contribution is 2.48. The fourth-order valence-electron chi connectivity index (χ4n) is 2.66. The van der Waals surface area contributed by atoms with Crippen LogP contribution in [0.25, 0.3) is 0 Å². The molecule has 1 N–H and O–H groups in total. The van der Waals surface area contributed by atoms with Gasteiger partial charge in [0.05, 0.1) is 22.1 Å². The van der Waals surface area contributed by atoms with Gasteiger partial charge in [-0.3, -0.25) is 4.90 Å². The first-order valence-electron chi connectivity index (χ1n) is 7.45. The third-order valence-electron chi connectivity index (χ3n) is 3.75. The molecule has 0 spiro atoms. The van der Waals surface area contributed by atoms with Gasteiger partial charge in [0.15, 0.2) is 0 Å². The molecule has 0 aliphatic carbocycles. The molecule has 1 aliphatic heterocycles. The van der Waals surface area contributed by atoms with Crippen molar-refractivity contribution in [2.75, 3.05) is 10.2 Å². The quantitative estimate of drug-likeness (QED) is 0.567. The van der Waals surface area contributed by atoms with Gasteiger partial charge in [0, 0.05) is 9.79 Å². The maximum Gasteiger partial charge on any atom is 0.331 e. The molecule has 24 heavy (non-hydrogen) atoms. The minimum Gasteiger partial charge on any atom is -0.306 e. The summed E-state index contributed by atoms with van der Waals surface area (Å²) in [5, 5.41) is 3.42. The van der Waals surface area contributed by atoms with E-state index in [9.17, 15) is 4.79 Å². The molecule has 3 nitrogen and oxygen atoms in total. The Kier molecular flexibility index (Phi) is 3.92. The molecule has 0 saturated heterocycles. The van der Waals surface area contributed by atoms with Crippen LogP contribution in [-0.4, -0.2) is 6.03 Å². The van der Waals surface area contributed by atoms with Gasteiger partial charge in [-0.1, -0.05) is 59.8 Å². The smallest absolute Gasteiger partial charge is 0.306 e. The normalized spacial score (nSPS) is 12.3. The lowest BCUT2D eigenvalue weighted by atomic mass is 10.2. The number of urea groups is 1. The first kappa shape index (κ1) is 15.1. The van der Waals surface area contributed by atoms with Crippen molar-refractivity contribution in [1.29, 1.82) is 0 Å². The predicted molar refractivity (Wildman–Crippen MR) is 99.6 cm³/mol. The van der Waals surface area contributed by atoms with Crippen molar-refractivity contribution in [2.45, 2.75) is 9.79 Å². The van der Waals surface area contributed by atoms with Gasteiger partial charge in [-0.25, -0.2) is 4.79 Å². The summed E-state index contributed by atoms with van der Waals surface area (Å²) in [6.07, 6.45) is 0. The van der Waals surface area contributed by atoms with E-state index in [2.05, 4.69) is 5.32 Å². The average molecular weight is 353 g/mol. The molecule has 0 bridgehead atoms. The molecule has 1 heterocycles. The van der Waals surface area contributed by atoms with E-state index in [1.54, 1.807) is 28.8 Å². The molecule has 3 aromatic rings. The lowest BCUT2D eigenvalue weighted by Gasteiger charge is -2.31. The number of hydrogen-bond acceptors (Lipinski definition) is 2. The topological polar surface area (TPSA) is 32.3 Å².